The predicted molar refractivity (Wildman–Crippen MR) is 174 cm³/mol. The number of ether oxygens (including phenoxy) is 2. The maximum absolute atomic E-state index is 15.2. The quantitative estimate of drug-likeness (QED) is 0.172. The van der Waals surface area contributed by atoms with Gasteiger partial charge in [0, 0.05) is 11.4 Å². The van der Waals surface area contributed by atoms with E-state index in [1.165, 1.54) is 24.3 Å². The van der Waals surface area contributed by atoms with Gasteiger partial charge in [0.25, 0.3) is 0 Å². The Morgan fingerprint density at radius 3 is 1.02 bits per heavy atom. The minimum atomic E-state index is -5.70. The second-order valence-corrected chi connectivity index (χ2v) is 12.0. The minimum absolute atomic E-state index is 0.166. The lowest BCUT2D eigenvalue weighted by Gasteiger charge is -2.36. The van der Waals surface area contributed by atoms with Gasteiger partial charge in [0.05, 0.1) is 22.7 Å². The molecule has 1 aliphatic carbocycles. The first kappa shape index (κ1) is 29.3. The van der Waals surface area contributed by atoms with Crippen LogP contribution in [0.25, 0.3) is 11.1 Å². The van der Waals surface area contributed by atoms with E-state index >= 15 is 26.3 Å². The summed E-state index contributed by atoms with van der Waals surface area (Å²) in [6.45, 7) is 0. The monoisotopic (exact) mass is 664 g/mol. The first-order chi connectivity index (χ1) is 23.6. The molecular formula is C39H22F6N2O2. The normalized spacial score (nSPS) is 15.1. The summed E-state index contributed by atoms with van der Waals surface area (Å²) in [5.41, 5.74) is -3.22. The molecule has 6 aromatic carbocycles. The standard InChI is InChI=1S/C39H22F6N2O2/c40-38(41,42)37(39(43,44)45)27-19-17-23(46-29-9-1-5-13-33(29)48-34-14-6-2-10-30(34)46)21-25(27)26-22-24(18-20-28(26)37)47-31-11-3-7-15-35(31)49-36-16-8-4-12-32(36)47/h1-22H. The van der Waals surface area contributed by atoms with Crippen LogP contribution in [-0.4, -0.2) is 12.4 Å². The molecule has 2 heterocycles. The van der Waals surface area contributed by atoms with Crippen molar-refractivity contribution in [3.8, 4) is 34.1 Å². The second-order valence-electron chi connectivity index (χ2n) is 12.0. The summed E-state index contributed by atoms with van der Waals surface area (Å²) in [4.78, 5) is 3.57. The van der Waals surface area contributed by atoms with Crippen LogP contribution in [-0.2, 0) is 5.41 Å². The van der Waals surface area contributed by atoms with Crippen molar-refractivity contribution in [1.82, 2.24) is 0 Å². The topological polar surface area (TPSA) is 24.9 Å². The van der Waals surface area contributed by atoms with Crippen molar-refractivity contribution in [3.63, 3.8) is 0 Å². The van der Waals surface area contributed by atoms with Crippen molar-refractivity contribution < 1.29 is 35.8 Å². The number of hydrogen-bond donors (Lipinski definition) is 0. The number of rotatable bonds is 2. The Bertz CT molecular complexity index is 2060. The number of para-hydroxylation sites is 8. The Labute approximate surface area is 276 Å². The van der Waals surface area contributed by atoms with E-state index in [1.807, 2.05) is 0 Å². The number of fused-ring (bicyclic) bond motifs is 7. The molecule has 0 N–H and O–H groups in total. The highest BCUT2D eigenvalue weighted by Crippen LogP contribution is 2.65. The fourth-order valence-electron chi connectivity index (χ4n) is 7.32. The van der Waals surface area contributed by atoms with Gasteiger partial charge in [-0.1, -0.05) is 60.7 Å². The van der Waals surface area contributed by atoms with Crippen LogP contribution in [0.5, 0.6) is 23.0 Å². The molecule has 49 heavy (non-hydrogen) atoms. The largest absolute Gasteiger partial charge is 0.453 e. The summed E-state index contributed by atoms with van der Waals surface area (Å²) in [5, 5.41) is 0. The van der Waals surface area contributed by atoms with Gasteiger partial charge >= 0.3 is 12.4 Å². The summed E-state index contributed by atoms with van der Waals surface area (Å²) in [6, 6.07) is 35.8. The number of alkyl halides is 6. The SMILES string of the molecule is FC(F)(F)C1(C(F)(F)F)c2ccc(N3c4ccccc4Oc4ccccc43)cc2-c2cc(N3c4ccccc4Oc4ccccc43)ccc21. The molecule has 10 heteroatoms. The molecule has 0 radical (unpaired) electrons. The zero-order chi connectivity index (χ0) is 33.7. The van der Waals surface area contributed by atoms with Crippen LogP contribution >= 0.6 is 0 Å². The van der Waals surface area contributed by atoms with Crippen LogP contribution < -0.4 is 19.3 Å². The van der Waals surface area contributed by atoms with Gasteiger partial charge in [-0.2, -0.15) is 26.3 Å². The maximum Gasteiger partial charge on any atom is 0.411 e. The van der Waals surface area contributed by atoms with Gasteiger partial charge in [-0.15, -0.1) is 0 Å². The van der Waals surface area contributed by atoms with Crippen LogP contribution in [0.3, 0.4) is 0 Å². The van der Waals surface area contributed by atoms with Gasteiger partial charge in [0.15, 0.2) is 23.0 Å². The van der Waals surface area contributed by atoms with Gasteiger partial charge in [0.1, 0.15) is 0 Å². The Balaban J connectivity index is 1.31. The van der Waals surface area contributed by atoms with Crippen LogP contribution in [0.1, 0.15) is 11.1 Å². The van der Waals surface area contributed by atoms with Crippen LogP contribution in [0.15, 0.2) is 133 Å². The van der Waals surface area contributed by atoms with E-state index in [2.05, 4.69) is 0 Å². The number of benzene rings is 6. The second kappa shape index (κ2) is 10.1. The molecule has 0 bridgehead atoms. The average Bonchev–Trinajstić information content (AvgIpc) is 3.40. The average molecular weight is 665 g/mol. The van der Waals surface area contributed by atoms with E-state index in [4.69, 9.17) is 9.47 Å². The molecule has 0 amide bonds. The molecule has 0 atom stereocenters. The first-order valence-corrected chi connectivity index (χ1v) is 15.3. The third kappa shape index (κ3) is 4.00. The van der Waals surface area contributed by atoms with Crippen molar-refractivity contribution in [2.24, 2.45) is 0 Å². The van der Waals surface area contributed by atoms with Gasteiger partial charge < -0.3 is 19.3 Å². The van der Waals surface area contributed by atoms with Crippen LogP contribution in [0, 0.1) is 0 Å². The Morgan fingerprint density at radius 2 is 0.714 bits per heavy atom. The molecule has 4 nitrogen and oxygen atoms in total. The molecular weight excluding hydrogens is 642 g/mol. The van der Waals surface area contributed by atoms with Crippen LogP contribution in [0.4, 0.5) is 60.5 Å². The molecule has 3 aliphatic rings. The molecule has 0 aromatic heterocycles. The number of nitrogens with zero attached hydrogens (tertiary/aromatic N) is 2. The number of hydrogen-bond acceptors (Lipinski definition) is 4. The highest BCUT2D eigenvalue weighted by Gasteiger charge is 2.75. The van der Waals surface area contributed by atoms with Crippen molar-refractivity contribution in [2.75, 3.05) is 9.80 Å². The predicted octanol–water partition coefficient (Wildman–Crippen LogP) is 12.2. The molecule has 242 valence electrons. The molecule has 0 fully saturated rings. The van der Waals surface area contributed by atoms with Crippen molar-refractivity contribution >= 4 is 34.1 Å². The van der Waals surface area contributed by atoms with E-state index < -0.39 is 28.9 Å². The van der Waals surface area contributed by atoms with E-state index in [0.29, 0.717) is 57.1 Å². The van der Waals surface area contributed by atoms with E-state index in [9.17, 15) is 0 Å². The molecule has 6 aromatic rings. The van der Waals surface area contributed by atoms with E-state index in [0.717, 1.165) is 12.1 Å². The van der Waals surface area contributed by atoms with Gasteiger partial charge in [-0.05, 0) is 95.1 Å². The number of anilines is 6. The summed E-state index contributed by atoms with van der Waals surface area (Å²) in [7, 11) is 0. The molecule has 0 unspecified atom stereocenters. The van der Waals surface area contributed by atoms with Crippen molar-refractivity contribution in [3.05, 3.63) is 145 Å². The van der Waals surface area contributed by atoms with Crippen LogP contribution in [0.2, 0.25) is 0 Å². The highest BCUT2D eigenvalue weighted by atomic mass is 19.4. The summed E-state index contributed by atoms with van der Waals surface area (Å²) in [6.07, 6.45) is -11.4. The Kier molecular flexibility index (Phi) is 6.00. The summed E-state index contributed by atoms with van der Waals surface area (Å²) in [5.74, 6) is 1.98. The zero-order valence-electron chi connectivity index (χ0n) is 25.2. The summed E-state index contributed by atoms with van der Waals surface area (Å²) >= 11 is 0. The lowest BCUT2D eigenvalue weighted by atomic mass is 9.76. The Hall–Kier alpha value is -5.90. The zero-order valence-corrected chi connectivity index (χ0v) is 25.2. The fourth-order valence-corrected chi connectivity index (χ4v) is 7.32. The van der Waals surface area contributed by atoms with E-state index in [-0.39, 0.29) is 11.1 Å². The molecule has 0 saturated heterocycles. The van der Waals surface area contributed by atoms with Crippen molar-refractivity contribution in [1.29, 1.82) is 0 Å². The first-order valence-electron chi connectivity index (χ1n) is 15.3. The van der Waals surface area contributed by atoms with Gasteiger partial charge in [-0.25, -0.2) is 0 Å². The highest BCUT2D eigenvalue weighted by molar-refractivity contribution is 5.94. The van der Waals surface area contributed by atoms with Gasteiger partial charge in [0.2, 0.25) is 5.41 Å². The minimum Gasteiger partial charge on any atom is -0.453 e. The lowest BCUT2D eigenvalue weighted by Crippen LogP contribution is -2.53. The fraction of sp³-hybridized carbons (Fsp3) is 0.0769. The Morgan fingerprint density at radius 1 is 0.408 bits per heavy atom. The molecule has 2 aliphatic heterocycles. The lowest BCUT2D eigenvalue weighted by molar-refractivity contribution is -0.287. The third-order valence-electron chi connectivity index (χ3n) is 9.34. The molecule has 0 saturated carbocycles. The smallest absolute Gasteiger partial charge is 0.411 e. The third-order valence-corrected chi connectivity index (χ3v) is 9.34. The summed E-state index contributed by atoms with van der Waals surface area (Å²) < 4.78 is 103. The molecule has 0 spiro atoms. The molecule has 9 rings (SSSR count). The van der Waals surface area contributed by atoms with Crippen molar-refractivity contribution in [2.45, 2.75) is 17.8 Å². The van der Waals surface area contributed by atoms with Gasteiger partial charge in [-0.3, -0.25) is 0 Å². The maximum atomic E-state index is 15.2. The van der Waals surface area contributed by atoms with E-state index in [1.54, 1.807) is 107 Å². The number of halogens is 6.